The van der Waals surface area contributed by atoms with Crippen molar-refractivity contribution in [3.63, 3.8) is 0 Å². The highest BCUT2D eigenvalue weighted by atomic mass is 35.5. The molecule has 0 spiro atoms. The summed E-state index contributed by atoms with van der Waals surface area (Å²) in [5.41, 5.74) is 1.32. The van der Waals surface area contributed by atoms with Crippen LogP contribution in [0.1, 0.15) is 24.3 Å². The molecule has 12 heavy (non-hydrogen) atoms. The Morgan fingerprint density at radius 2 is 2.08 bits per heavy atom. The van der Waals surface area contributed by atoms with Crippen LogP contribution in [-0.2, 0) is 0 Å². The molecular weight excluding hydrogens is 172 g/mol. The van der Waals surface area contributed by atoms with Gasteiger partial charge in [0.15, 0.2) is 0 Å². The predicted octanol–water partition coefficient (Wildman–Crippen LogP) is 3.23. The summed E-state index contributed by atoms with van der Waals surface area (Å²) in [6.07, 6.45) is 2.59. The molecule has 0 N–H and O–H groups in total. The number of benzene rings is 1. The van der Waals surface area contributed by atoms with E-state index in [1.807, 2.05) is 12.1 Å². The number of hydrogen-bond acceptors (Lipinski definition) is 1. The van der Waals surface area contributed by atoms with E-state index in [2.05, 4.69) is 6.07 Å². The molecule has 1 aliphatic carbocycles. The lowest BCUT2D eigenvalue weighted by molar-refractivity contribution is 0.414. The molecule has 1 fully saturated rings. The molecule has 0 aliphatic heterocycles. The predicted molar refractivity (Wildman–Crippen MR) is 50.0 cm³/mol. The normalized spacial score (nSPS) is 16.2. The number of methoxy groups -OCH3 is 1. The van der Waals surface area contributed by atoms with Gasteiger partial charge in [-0.3, -0.25) is 0 Å². The summed E-state index contributed by atoms with van der Waals surface area (Å²) in [6.45, 7) is 0. The highest BCUT2D eigenvalue weighted by Gasteiger charge is 2.24. The van der Waals surface area contributed by atoms with Crippen molar-refractivity contribution in [2.75, 3.05) is 7.11 Å². The van der Waals surface area contributed by atoms with E-state index < -0.39 is 0 Å². The molecule has 64 valence electrons. The van der Waals surface area contributed by atoms with Crippen LogP contribution in [0.3, 0.4) is 0 Å². The first kappa shape index (κ1) is 7.93. The van der Waals surface area contributed by atoms with Crippen LogP contribution < -0.4 is 4.74 Å². The van der Waals surface area contributed by atoms with Gasteiger partial charge >= 0.3 is 0 Å². The second kappa shape index (κ2) is 2.98. The highest BCUT2D eigenvalue weighted by Crippen LogP contribution is 2.42. The molecule has 0 heterocycles. The topological polar surface area (TPSA) is 9.23 Å². The number of rotatable bonds is 2. The van der Waals surface area contributed by atoms with E-state index in [0.29, 0.717) is 0 Å². The van der Waals surface area contributed by atoms with Gasteiger partial charge in [-0.2, -0.15) is 0 Å². The van der Waals surface area contributed by atoms with Gasteiger partial charge in [0.1, 0.15) is 5.75 Å². The van der Waals surface area contributed by atoms with E-state index in [-0.39, 0.29) is 0 Å². The zero-order valence-electron chi connectivity index (χ0n) is 7.01. The zero-order valence-corrected chi connectivity index (χ0v) is 7.77. The summed E-state index contributed by atoms with van der Waals surface area (Å²) in [5, 5.41) is 0.774. The molecule has 0 unspecified atom stereocenters. The molecule has 0 aromatic heterocycles. The number of halogens is 1. The molecule has 0 amide bonds. The first-order valence-electron chi connectivity index (χ1n) is 4.14. The van der Waals surface area contributed by atoms with Gasteiger partial charge in [0.2, 0.25) is 0 Å². The molecule has 1 nitrogen and oxygen atoms in total. The highest BCUT2D eigenvalue weighted by molar-refractivity contribution is 6.30. The van der Waals surface area contributed by atoms with Crippen molar-refractivity contribution in [1.82, 2.24) is 0 Å². The van der Waals surface area contributed by atoms with Crippen molar-refractivity contribution >= 4 is 11.6 Å². The van der Waals surface area contributed by atoms with Gasteiger partial charge in [0, 0.05) is 5.02 Å². The van der Waals surface area contributed by atoms with Crippen LogP contribution in [0.25, 0.3) is 0 Å². The molecule has 1 aromatic carbocycles. The molecule has 1 saturated carbocycles. The van der Waals surface area contributed by atoms with Crippen LogP contribution in [0.5, 0.6) is 5.75 Å². The summed E-state index contributed by atoms with van der Waals surface area (Å²) >= 11 is 5.92. The molecule has 1 aliphatic rings. The average molecular weight is 183 g/mol. The molecule has 1 aromatic rings. The molecule has 0 atom stereocenters. The van der Waals surface area contributed by atoms with Crippen LogP contribution in [0, 0.1) is 0 Å². The summed E-state index contributed by atoms with van der Waals surface area (Å²) < 4.78 is 5.13. The van der Waals surface area contributed by atoms with Crippen molar-refractivity contribution in [3.05, 3.63) is 28.8 Å². The van der Waals surface area contributed by atoms with E-state index in [1.54, 1.807) is 7.11 Å². The van der Waals surface area contributed by atoms with Crippen molar-refractivity contribution in [2.24, 2.45) is 0 Å². The maximum Gasteiger partial charge on any atom is 0.120 e. The number of ether oxygens (including phenoxy) is 1. The Morgan fingerprint density at radius 3 is 2.67 bits per heavy atom. The van der Waals surface area contributed by atoms with E-state index in [9.17, 15) is 0 Å². The van der Waals surface area contributed by atoms with Gasteiger partial charge in [-0.1, -0.05) is 11.6 Å². The van der Waals surface area contributed by atoms with Gasteiger partial charge in [0.05, 0.1) is 7.11 Å². The van der Waals surface area contributed by atoms with E-state index in [1.165, 1.54) is 18.4 Å². The minimum absolute atomic E-state index is 0.734. The van der Waals surface area contributed by atoms with Crippen LogP contribution in [0.2, 0.25) is 5.02 Å². The van der Waals surface area contributed by atoms with Crippen molar-refractivity contribution < 1.29 is 4.74 Å². The second-order valence-electron chi connectivity index (χ2n) is 3.20. The summed E-state index contributed by atoms with van der Waals surface area (Å²) in [7, 11) is 1.67. The minimum Gasteiger partial charge on any atom is -0.497 e. The zero-order chi connectivity index (χ0) is 8.55. The lowest BCUT2D eigenvalue weighted by Gasteiger charge is -2.03. The molecule has 0 radical (unpaired) electrons. The van der Waals surface area contributed by atoms with Gasteiger partial charge in [-0.15, -0.1) is 0 Å². The Balaban J connectivity index is 2.34. The molecule has 0 bridgehead atoms. The maximum atomic E-state index is 5.92. The lowest BCUT2D eigenvalue weighted by atomic mass is 10.1. The van der Waals surface area contributed by atoms with Crippen LogP contribution >= 0.6 is 11.6 Å². The van der Waals surface area contributed by atoms with Crippen molar-refractivity contribution in [2.45, 2.75) is 18.8 Å². The smallest absolute Gasteiger partial charge is 0.120 e. The van der Waals surface area contributed by atoms with Gasteiger partial charge < -0.3 is 4.74 Å². The fraction of sp³-hybridized carbons (Fsp3) is 0.400. The molecule has 2 heteroatoms. The van der Waals surface area contributed by atoms with Crippen LogP contribution in [-0.4, -0.2) is 7.11 Å². The summed E-state index contributed by atoms with van der Waals surface area (Å²) in [5.74, 6) is 1.60. The fourth-order valence-electron chi connectivity index (χ4n) is 1.35. The minimum atomic E-state index is 0.734. The first-order chi connectivity index (χ1) is 5.79. The second-order valence-corrected chi connectivity index (χ2v) is 3.64. The molecule has 0 saturated heterocycles. The van der Waals surface area contributed by atoms with Gasteiger partial charge in [-0.25, -0.2) is 0 Å². The largest absolute Gasteiger partial charge is 0.497 e. The Kier molecular flexibility index (Phi) is 1.97. The third-order valence-electron chi connectivity index (χ3n) is 2.18. The molecule has 2 rings (SSSR count). The first-order valence-corrected chi connectivity index (χ1v) is 4.52. The molecular formula is C10H11ClO. The Labute approximate surface area is 77.3 Å². The number of hydrogen-bond donors (Lipinski definition) is 0. The van der Waals surface area contributed by atoms with Gasteiger partial charge in [-0.05, 0) is 42.5 Å². The maximum absolute atomic E-state index is 5.92. The fourth-order valence-corrected chi connectivity index (χ4v) is 1.59. The SMILES string of the molecule is COc1cc(Cl)cc(C2CC2)c1. The quantitative estimate of drug-likeness (QED) is 0.683. The third-order valence-corrected chi connectivity index (χ3v) is 2.40. The van der Waals surface area contributed by atoms with Crippen LogP contribution in [0.15, 0.2) is 18.2 Å². The van der Waals surface area contributed by atoms with E-state index in [4.69, 9.17) is 16.3 Å². The van der Waals surface area contributed by atoms with Crippen molar-refractivity contribution in [3.8, 4) is 5.75 Å². The average Bonchev–Trinajstić information content (AvgIpc) is 2.85. The monoisotopic (exact) mass is 182 g/mol. The standard InChI is InChI=1S/C10H11ClO/c1-12-10-5-8(7-2-3-7)4-9(11)6-10/h4-7H,2-3H2,1H3. The Morgan fingerprint density at radius 1 is 1.33 bits per heavy atom. The Bertz CT molecular complexity index is 292. The third kappa shape index (κ3) is 1.56. The van der Waals surface area contributed by atoms with E-state index in [0.717, 1.165) is 16.7 Å². The lowest BCUT2D eigenvalue weighted by Crippen LogP contribution is -1.85. The summed E-state index contributed by atoms with van der Waals surface area (Å²) in [4.78, 5) is 0. The Hall–Kier alpha value is -0.690. The van der Waals surface area contributed by atoms with E-state index >= 15 is 0 Å². The van der Waals surface area contributed by atoms with Crippen molar-refractivity contribution in [1.29, 1.82) is 0 Å². The van der Waals surface area contributed by atoms with Crippen LogP contribution in [0.4, 0.5) is 0 Å². The van der Waals surface area contributed by atoms with Gasteiger partial charge in [0.25, 0.3) is 0 Å². The summed E-state index contributed by atoms with van der Waals surface area (Å²) in [6, 6.07) is 5.94.